The topological polar surface area (TPSA) is 53.2 Å². The smallest absolute Gasteiger partial charge is 0.319 e. The van der Waals surface area contributed by atoms with Crippen molar-refractivity contribution in [3.05, 3.63) is 53.6 Å². The molecule has 0 fully saturated rings. The van der Waals surface area contributed by atoms with Crippen molar-refractivity contribution in [3.8, 4) is 0 Å². The highest BCUT2D eigenvalue weighted by molar-refractivity contribution is 5.89. The fraction of sp³-hybridized carbons (Fsp3) is 0.278. The van der Waals surface area contributed by atoms with Crippen LogP contribution in [0.5, 0.6) is 0 Å². The predicted octanol–water partition coefficient (Wildman–Crippen LogP) is 4.58. The zero-order valence-electron chi connectivity index (χ0n) is 13.5. The van der Waals surface area contributed by atoms with Gasteiger partial charge >= 0.3 is 6.03 Å². The highest BCUT2D eigenvalue weighted by Crippen LogP contribution is 2.23. The third-order valence-electron chi connectivity index (χ3n) is 3.45. The Hall–Kier alpha value is -2.49. The van der Waals surface area contributed by atoms with Crippen LogP contribution in [-0.4, -0.2) is 12.1 Å². The van der Waals surface area contributed by atoms with Gasteiger partial charge in [-0.05, 0) is 69.2 Å². The van der Waals surface area contributed by atoms with E-state index in [1.807, 2.05) is 44.2 Å². The third-order valence-corrected chi connectivity index (χ3v) is 3.45. The summed E-state index contributed by atoms with van der Waals surface area (Å²) < 4.78 is 0. The Balaban J connectivity index is 2.03. The molecule has 0 atom stereocenters. The quantitative estimate of drug-likeness (QED) is 0.774. The van der Waals surface area contributed by atoms with Crippen molar-refractivity contribution in [2.45, 2.75) is 33.7 Å². The second-order valence-electron chi connectivity index (χ2n) is 5.70. The van der Waals surface area contributed by atoms with Crippen LogP contribution >= 0.6 is 0 Å². The van der Waals surface area contributed by atoms with Crippen LogP contribution in [0, 0.1) is 13.8 Å². The van der Waals surface area contributed by atoms with E-state index in [1.54, 1.807) is 0 Å². The number of benzene rings is 2. The molecular weight excluding hydrogens is 274 g/mol. The maximum absolute atomic E-state index is 11.6. The first-order valence-electron chi connectivity index (χ1n) is 7.46. The largest absolute Gasteiger partial charge is 0.355 e. The van der Waals surface area contributed by atoms with E-state index in [4.69, 9.17) is 0 Å². The van der Waals surface area contributed by atoms with E-state index in [2.05, 4.69) is 41.9 Å². The van der Waals surface area contributed by atoms with Gasteiger partial charge in [-0.2, -0.15) is 0 Å². The van der Waals surface area contributed by atoms with Gasteiger partial charge in [0.05, 0.1) is 0 Å². The molecule has 0 radical (unpaired) electrons. The molecule has 0 aromatic heterocycles. The second kappa shape index (κ2) is 6.98. The maximum atomic E-state index is 11.6. The summed E-state index contributed by atoms with van der Waals surface area (Å²) in [6.45, 7) is 8.05. The van der Waals surface area contributed by atoms with Gasteiger partial charge in [0.15, 0.2) is 0 Å². The van der Waals surface area contributed by atoms with Crippen LogP contribution < -0.4 is 16.0 Å². The molecule has 0 saturated carbocycles. The second-order valence-corrected chi connectivity index (χ2v) is 5.70. The zero-order chi connectivity index (χ0) is 16.1. The Morgan fingerprint density at radius 3 is 2.23 bits per heavy atom. The summed E-state index contributed by atoms with van der Waals surface area (Å²) in [5, 5.41) is 9.00. The number of carbonyl (C=O) groups excluding carboxylic acids is 1. The molecule has 2 aromatic carbocycles. The fourth-order valence-electron chi connectivity index (χ4n) is 2.11. The summed E-state index contributed by atoms with van der Waals surface area (Å²) in [6, 6.07) is 13.8. The van der Waals surface area contributed by atoms with Crippen molar-refractivity contribution in [3.63, 3.8) is 0 Å². The molecule has 116 valence electrons. The number of anilines is 3. The van der Waals surface area contributed by atoms with E-state index in [9.17, 15) is 4.79 Å². The molecule has 3 N–H and O–H groups in total. The standard InChI is InChI=1S/C18H23N3O/c1-12(2)19-18(22)21-16-10-8-15(9-11-16)20-17-7-5-6-13(3)14(17)4/h5-12,20H,1-4H3,(H2,19,21,22). The van der Waals surface area contributed by atoms with Crippen LogP contribution in [0.3, 0.4) is 0 Å². The van der Waals surface area contributed by atoms with E-state index in [0.29, 0.717) is 0 Å². The number of amides is 2. The average Bonchev–Trinajstić information content (AvgIpc) is 2.45. The minimum Gasteiger partial charge on any atom is -0.355 e. The Kier molecular flexibility index (Phi) is 5.04. The lowest BCUT2D eigenvalue weighted by Gasteiger charge is -2.13. The Morgan fingerprint density at radius 1 is 0.955 bits per heavy atom. The van der Waals surface area contributed by atoms with Gasteiger partial charge in [0.2, 0.25) is 0 Å². The molecule has 0 aliphatic heterocycles. The summed E-state index contributed by atoms with van der Waals surface area (Å²) in [4.78, 5) is 11.6. The molecule has 22 heavy (non-hydrogen) atoms. The average molecular weight is 297 g/mol. The Labute approximate surface area is 131 Å². The lowest BCUT2D eigenvalue weighted by atomic mass is 10.1. The van der Waals surface area contributed by atoms with Crippen molar-refractivity contribution in [2.75, 3.05) is 10.6 Å². The number of hydrogen-bond donors (Lipinski definition) is 3. The molecule has 0 aliphatic rings. The van der Waals surface area contributed by atoms with Gasteiger partial charge in [-0.15, -0.1) is 0 Å². The van der Waals surface area contributed by atoms with E-state index >= 15 is 0 Å². The fourth-order valence-corrected chi connectivity index (χ4v) is 2.11. The molecule has 0 saturated heterocycles. The predicted molar refractivity (Wildman–Crippen MR) is 92.9 cm³/mol. The summed E-state index contributed by atoms with van der Waals surface area (Å²) in [6.07, 6.45) is 0. The minimum atomic E-state index is -0.190. The van der Waals surface area contributed by atoms with Crippen LogP contribution in [0.2, 0.25) is 0 Å². The molecule has 0 heterocycles. The molecule has 2 aromatic rings. The van der Waals surface area contributed by atoms with Crippen LogP contribution in [-0.2, 0) is 0 Å². The molecule has 4 heteroatoms. The molecule has 4 nitrogen and oxygen atoms in total. The number of urea groups is 1. The number of carbonyl (C=O) groups is 1. The minimum absolute atomic E-state index is 0.116. The Morgan fingerprint density at radius 2 is 1.59 bits per heavy atom. The number of nitrogens with one attached hydrogen (secondary N) is 3. The van der Waals surface area contributed by atoms with Crippen molar-refractivity contribution in [1.29, 1.82) is 0 Å². The van der Waals surface area contributed by atoms with Crippen molar-refractivity contribution < 1.29 is 4.79 Å². The molecular formula is C18H23N3O. The highest BCUT2D eigenvalue weighted by atomic mass is 16.2. The van der Waals surface area contributed by atoms with Crippen molar-refractivity contribution in [2.24, 2.45) is 0 Å². The van der Waals surface area contributed by atoms with Crippen LogP contribution in [0.1, 0.15) is 25.0 Å². The van der Waals surface area contributed by atoms with Crippen LogP contribution in [0.15, 0.2) is 42.5 Å². The molecule has 0 unspecified atom stereocenters. The first-order chi connectivity index (χ1) is 10.5. The van der Waals surface area contributed by atoms with Gasteiger partial charge in [0.1, 0.15) is 0 Å². The summed E-state index contributed by atoms with van der Waals surface area (Å²) in [7, 11) is 0. The molecule has 0 bridgehead atoms. The molecule has 0 spiro atoms. The van der Waals surface area contributed by atoms with Gasteiger partial charge in [0, 0.05) is 23.1 Å². The first-order valence-corrected chi connectivity index (χ1v) is 7.46. The summed E-state index contributed by atoms with van der Waals surface area (Å²) >= 11 is 0. The van der Waals surface area contributed by atoms with Crippen LogP contribution in [0.4, 0.5) is 21.9 Å². The van der Waals surface area contributed by atoms with E-state index < -0.39 is 0 Å². The lowest BCUT2D eigenvalue weighted by Crippen LogP contribution is -2.34. The van der Waals surface area contributed by atoms with E-state index in [1.165, 1.54) is 11.1 Å². The highest BCUT2D eigenvalue weighted by Gasteiger charge is 2.04. The van der Waals surface area contributed by atoms with Gasteiger partial charge in [-0.25, -0.2) is 4.79 Å². The zero-order valence-corrected chi connectivity index (χ0v) is 13.5. The van der Waals surface area contributed by atoms with Crippen molar-refractivity contribution in [1.82, 2.24) is 5.32 Å². The van der Waals surface area contributed by atoms with E-state index in [0.717, 1.165) is 17.1 Å². The van der Waals surface area contributed by atoms with Gasteiger partial charge < -0.3 is 16.0 Å². The van der Waals surface area contributed by atoms with Crippen LogP contribution in [0.25, 0.3) is 0 Å². The molecule has 2 amide bonds. The van der Waals surface area contributed by atoms with Gasteiger partial charge in [-0.1, -0.05) is 12.1 Å². The number of aryl methyl sites for hydroxylation is 1. The Bertz CT molecular complexity index is 648. The maximum Gasteiger partial charge on any atom is 0.319 e. The van der Waals surface area contributed by atoms with Crippen molar-refractivity contribution >= 4 is 23.1 Å². The number of hydrogen-bond acceptors (Lipinski definition) is 2. The molecule has 0 aliphatic carbocycles. The van der Waals surface area contributed by atoms with Gasteiger partial charge in [0.25, 0.3) is 0 Å². The molecule has 2 rings (SSSR count). The number of rotatable bonds is 4. The van der Waals surface area contributed by atoms with Gasteiger partial charge in [-0.3, -0.25) is 0 Å². The first kappa shape index (κ1) is 15.9. The lowest BCUT2D eigenvalue weighted by molar-refractivity contribution is 0.250. The SMILES string of the molecule is Cc1cccc(Nc2ccc(NC(=O)NC(C)C)cc2)c1C. The van der Waals surface area contributed by atoms with E-state index in [-0.39, 0.29) is 12.1 Å². The monoisotopic (exact) mass is 297 g/mol. The summed E-state index contributed by atoms with van der Waals surface area (Å²) in [5.74, 6) is 0. The normalized spacial score (nSPS) is 10.4. The summed E-state index contributed by atoms with van der Waals surface area (Å²) in [5.41, 5.74) is 5.35. The third kappa shape index (κ3) is 4.25.